The monoisotopic (exact) mass is 288 g/mol. The highest BCUT2D eigenvalue weighted by Gasteiger charge is 2.29. The molecule has 118 valence electrons. The van der Waals surface area contributed by atoms with Gasteiger partial charge >= 0.3 is 0 Å². The third-order valence-corrected chi connectivity index (χ3v) is 4.77. The van der Waals surface area contributed by atoms with Crippen LogP contribution >= 0.6 is 0 Å². The van der Waals surface area contributed by atoms with Crippen LogP contribution in [-0.2, 0) is 6.54 Å². The van der Waals surface area contributed by atoms with E-state index in [0.29, 0.717) is 12.0 Å². The maximum atomic E-state index is 3.59. The SMILES string of the molecule is CC(C)CNCc1ccccc1N1CC(C)CC(C)C1C. The molecule has 0 radical (unpaired) electrons. The number of benzene rings is 1. The van der Waals surface area contributed by atoms with Crippen LogP contribution < -0.4 is 10.2 Å². The molecule has 0 aliphatic carbocycles. The van der Waals surface area contributed by atoms with Gasteiger partial charge in [-0.25, -0.2) is 0 Å². The zero-order valence-electron chi connectivity index (χ0n) is 14.4. The van der Waals surface area contributed by atoms with Crippen molar-refractivity contribution in [2.75, 3.05) is 18.0 Å². The predicted molar refractivity (Wildman–Crippen MR) is 92.7 cm³/mol. The molecule has 2 heteroatoms. The third kappa shape index (κ3) is 4.23. The van der Waals surface area contributed by atoms with Gasteiger partial charge < -0.3 is 10.2 Å². The van der Waals surface area contributed by atoms with Crippen molar-refractivity contribution in [1.29, 1.82) is 0 Å². The predicted octanol–water partition coefficient (Wildman–Crippen LogP) is 4.30. The molecule has 1 aliphatic rings. The summed E-state index contributed by atoms with van der Waals surface area (Å²) >= 11 is 0. The van der Waals surface area contributed by atoms with E-state index in [-0.39, 0.29) is 0 Å². The van der Waals surface area contributed by atoms with Gasteiger partial charge in [-0.15, -0.1) is 0 Å². The van der Waals surface area contributed by atoms with Gasteiger partial charge in [0.05, 0.1) is 0 Å². The normalized spacial score (nSPS) is 26.4. The Bertz CT molecular complexity index is 441. The lowest BCUT2D eigenvalue weighted by Gasteiger charge is -2.43. The van der Waals surface area contributed by atoms with Crippen LogP contribution in [0.25, 0.3) is 0 Å². The zero-order chi connectivity index (χ0) is 15.4. The summed E-state index contributed by atoms with van der Waals surface area (Å²) in [5.41, 5.74) is 2.87. The molecule has 2 rings (SSSR count). The molecule has 0 bridgehead atoms. The Morgan fingerprint density at radius 1 is 1.19 bits per heavy atom. The molecule has 0 amide bonds. The number of hydrogen-bond donors (Lipinski definition) is 1. The van der Waals surface area contributed by atoms with E-state index in [1.54, 1.807) is 0 Å². The second-order valence-electron chi connectivity index (χ2n) is 7.36. The smallest absolute Gasteiger partial charge is 0.0414 e. The first-order chi connectivity index (χ1) is 9.99. The van der Waals surface area contributed by atoms with Crippen LogP contribution in [0.15, 0.2) is 24.3 Å². The number of para-hydroxylation sites is 1. The summed E-state index contributed by atoms with van der Waals surface area (Å²) in [4.78, 5) is 2.63. The molecule has 2 nitrogen and oxygen atoms in total. The second-order valence-corrected chi connectivity index (χ2v) is 7.36. The minimum Gasteiger partial charge on any atom is -0.368 e. The molecule has 1 aromatic carbocycles. The maximum Gasteiger partial charge on any atom is 0.0414 e. The van der Waals surface area contributed by atoms with Crippen molar-refractivity contribution in [2.24, 2.45) is 17.8 Å². The number of piperidine rings is 1. The summed E-state index contributed by atoms with van der Waals surface area (Å²) in [6.07, 6.45) is 1.35. The van der Waals surface area contributed by atoms with E-state index in [9.17, 15) is 0 Å². The zero-order valence-corrected chi connectivity index (χ0v) is 14.4. The summed E-state index contributed by atoms with van der Waals surface area (Å²) in [6.45, 7) is 14.9. The van der Waals surface area contributed by atoms with Gasteiger partial charge in [-0.05, 0) is 49.3 Å². The van der Waals surface area contributed by atoms with Gasteiger partial charge in [-0.1, -0.05) is 45.9 Å². The van der Waals surface area contributed by atoms with Gasteiger partial charge in [0.2, 0.25) is 0 Å². The molecule has 1 heterocycles. The number of anilines is 1. The Labute approximate surface area is 130 Å². The van der Waals surface area contributed by atoms with E-state index >= 15 is 0 Å². The average Bonchev–Trinajstić information content (AvgIpc) is 2.43. The maximum absolute atomic E-state index is 3.59. The van der Waals surface area contributed by atoms with E-state index in [1.165, 1.54) is 24.2 Å². The highest BCUT2D eigenvalue weighted by molar-refractivity contribution is 5.55. The van der Waals surface area contributed by atoms with Crippen LogP contribution in [-0.4, -0.2) is 19.1 Å². The molecular weight excluding hydrogens is 256 g/mol. The van der Waals surface area contributed by atoms with Gasteiger partial charge in [0.1, 0.15) is 0 Å². The Hall–Kier alpha value is -1.02. The number of rotatable bonds is 5. The number of nitrogens with zero attached hydrogens (tertiary/aromatic N) is 1. The summed E-state index contributed by atoms with van der Waals surface area (Å²) in [7, 11) is 0. The lowest BCUT2D eigenvalue weighted by Crippen LogP contribution is -2.46. The lowest BCUT2D eigenvalue weighted by atomic mass is 9.85. The molecule has 1 aromatic rings. The van der Waals surface area contributed by atoms with Crippen LogP contribution in [0.1, 0.15) is 46.6 Å². The lowest BCUT2D eigenvalue weighted by molar-refractivity contribution is 0.296. The van der Waals surface area contributed by atoms with Gasteiger partial charge in [0.25, 0.3) is 0 Å². The average molecular weight is 288 g/mol. The highest BCUT2D eigenvalue weighted by Crippen LogP contribution is 2.33. The molecule has 3 atom stereocenters. The van der Waals surface area contributed by atoms with E-state index in [2.05, 4.69) is 69.1 Å². The van der Waals surface area contributed by atoms with Crippen molar-refractivity contribution >= 4 is 5.69 Å². The molecule has 1 N–H and O–H groups in total. The van der Waals surface area contributed by atoms with Crippen molar-refractivity contribution in [3.05, 3.63) is 29.8 Å². The second kappa shape index (κ2) is 7.31. The van der Waals surface area contributed by atoms with Gasteiger partial charge in [-0.3, -0.25) is 0 Å². The van der Waals surface area contributed by atoms with Crippen LogP contribution in [0.3, 0.4) is 0 Å². The summed E-state index contributed by atoms with van der Waals surface area (Å²) in [5, 5.41) is 3.59. The van der Waals surface area contributed by atoms with Crippen LogP contribution in [0, 0.1) is 17.8 Å². The topological polar surface area (TPSA) is 15.3 Å². The molecule has 1 saturated heterocycles. The van der Waals surface area contributed by atoms with Crippen molar-refractivity contribution in [3.8, 4) is 0 Å². The Morgan fingerprint density at radius 3 is 2.62 bits per heavy atom. The van der Waals surface area contributed by atoms with Crippen LogP contribution in [0.4, 0.5) is 5.69 Å². The molecule has 1 aliphatic heterocycles. The van der Waals surface area contributed by atoms with E-state index in [0.717, 1.165) is 24.9 Å². The Morgan fingerprint density at radius 2 is 1.90 bits per heavy atom. The minimum absolute atomic E-state index is 0.632. The number of nitrogens with one attached hydrogen (secondary N) is 1. The fraction of sp³-hybridized carbons (Fsp3) is 0.684. The Balaban J connectivity index is 2.14. The first kappa shape index (κ1) is 16.4. The standard InChI is InChI=1S/C19H32N2/c1-14(2)11-20-12-18-8-6-7-9-19(18)21-13-15(3)10-16(4)17(21)5/h6-9,14-17,20H,10-13H2,1-5H3. The first-order valence-corrected chi connectivity index (χ1v) is 8.54. The molecule has 0 spiro atoms. The summed E-state index contributed by atoms with van der Waals surface area (Å²) in [6, 6.07) is 9.55. The van der Waals surface area contributed by atoms with E-state index < -0.39 is 0 Å². The summed E-state index contributed by atoms with van der Waals surface area (Å²) < 4.78 is 0. The molecule has 0 saturated carbocycles. The van der Waals surface area contributed by atoms with Gasteiger partial charge in [-0.2, -0.15) is 0 Å². The fourth-order valence-electron chi connectivity index (χ4n) is 3.47. The van der Waals surface area contributed by atoms with E-state index in [4.69, 9.17) is 0 Å². The first-order valence-electron chi connectivity index (χ1n) is 8.54. The molecule has 3 unspecified atom stereocenters. The largest absolute Gasteiger partial charge is 0.368 e. The number of hydrogen-bond acceptors (Lipinski definition) is 2. The van der Waals surface area contributed by atoms with Gasteiger partial charge in [0.15, 0.2) is 0 Å². The van der Waals surface area contributed by atoms with E-state index in [1.807, 2.05) is 0 Å². The van der Waals surface area contributed by atoms with Crippen molar-refractivity contribution < 1.29 is 0 Å². The fourth-order valence-corrected chi connectivity index (χ4v) is 3.47. The van der Waals surface area contributed by atoms with Crippen LogP contribution in [0.5, 0.6) is 0 Å². The third-order valence-electron chi connectivity index (χ3n) is 4.77. The van der Waals surface area contributed by atoms with Crippen molar-refractivity contribution in [3.63, 3.8) is 0 Å². The van der Waals surface area contributed by atoms with Crippen molar-refractivity contribution in [1.82, 2.24) is 5.32 Å². The highest BCUT2D eigenvalue weighted by atomic mass is 15.2. The Kier molecular flexibility index (Phi) is 5.69. The molecular formula is C19H32N2. The quantitative estimate of drug-likeness (QED) is 0.869. The van der Waals surface area contributed by atoms with Crippen LogP contribution in [0.2, 0.25) is 0 Å². The summed E-state index contributed by atoms with van der Waals surface area (Å²) in [5.74, 6) is 2.25. The molecule has 21 heavy (non-hydrogen) atoms. The van der Waals surface area contributed by atoms with Gasteiger partial charge in [0, 0.05) is 24.8 Å². The minimum atomic E-state index is 0.632. The molecule has 1 fully saturated rings. The molecule has 0 aromatic heterocycles. The van der Waals surface area contributed by atoms with Crippen molar-refractivity contribution in [2.45, 2.75) is 53.6 Å².